The number of aryl methyl sites for hydroxylation is 2. The van der Waals surface area contributed by atoms with E-state index < -0.39 is 0 Å². The summed E-state index contributed by atoms with van der Waals surface area (Å²) in [6.45, 7) is 9.97. The minimum absolute atomic E-state index is 0.134. The fraction of sp³-hybridized carbons (Fsp3) is 0.471. The van der Waals surface area contributed by atoms with E-state index in [1.165, 1.54) is 5.56 Å². The number of aromatic nitrogens is 1. The second kappa shape index (κ2) is 6.87. The lowest BCUT2D eigenvalue weighted by Crippen LogP contribution is -2.43. The van der Waals surface area contributed by atoms with E-state index in [1.54, 1.807) is 0 Å². The van der Waals surface area contributed by atoms with Gasteiger partial charge in [0.2, 0.25) is 5.89 Å². The lowest BCUT2D eigenvalue weighted by Gasteiger charge is -2.25. The molecule has 0 bridgehead atoms. The Labute approximate surface area is 126 Å². The number of hydrogen-bond donors (Lipinski definition) is 1. The first-order valence-electron chi connectivity index (χ1n) is 7.26. The van der Waals surface area contributed by atoms with Gasteiger partial charge in [-0.25, -0.2) is 4.98 Å². The van der Waals surface area contributed by atoms with Crippen LogP contribution in [0.2, 0.25) is 0 Å². The molecular formula is C17H24N2O2. The molecule has 4 heteroatoms. The van der Waals surface area contributed by atoms with E-state index in [0.29, 0.717) is 19.8 Å². The van der Waals surface area contributed by atoms with Gasteiger partial charge >= 0.3 is 0 Å². The van der Waals surface area contributed by atoms with Gasteiger partial charge in [-0.05, 0) is 33.3 Å². The third-order valence-electron chi connectivity index (χ3n) is 3.37. The largest absolute Gasteiger partial charge is 0.444 e. The summed E-state index contributed by atoms with van der Waals surface area (Å²) in [5.74, 6) is 1.60. The van der Waals surface area contributed by atoms with Crippen molar-refractivity contribution in [2.24, 2.45) is 0 Å². The zero-order chi connectivity index (χ0) is 15.3. The molecule has 0 radical (unpaired) electrons. The Balaban J connectivity index is 1.76. The summed E-state index contributed by atoms with van der Waals surface area (Å²) in [5.41, 5.74) is 2.00. The minimum atomic E-state index is -0.134. The molecule has 0 fully saturated rings. The maximum absolute atomic E-state index is 5.79. The van der Waals surface area contributed by atoms with E-state index in [0.717, 1.165) is 17.3 Å². The molecule has 1 aromatic heterocycles. The molecule has 21 heavy (non-hydrogen) atoms. The molecule has 0 aliphatic heterocycles. The van der Waals surface area contributed by atoms with Crippen molar-refractivity contribution in [2.45, 2.75) is 46.4 Å². The molecular weight excluding hydrogens is 264 g/mol. The Hall–Kier alpha value is -1.65. The molecule has 2 aromatic rings. The van der Waals surface area contributed by atoms with Crippen LogP contribution in [0.1, 0.15) is 36.8 Å². The summed E-state index contributed by atoms with van der Waals surface area (Å²) < 4.78 is 11.4. The first-order chi connectivity index (χ1) is 9.96. The first-order valence-corrected chi connectivity index (χ1v) is 7.26. The molecule has 0 atom stereocenters. The highest BCUT2D eigenvalue weighted by molar-refractivity contribution is 5.13. The molecule has 2 rings (SSSR count). The molecule has 0 aliphatic rings. The molecule has 0 spiro atoms. The van der Waals surface area contributed by atoms with Crippen LogP contribution in [0.4, 0.5) is 0 Å². The van der Waals surface area contributed by atoms with E-state index in [4.69, 9.17) is 9.15 Å². The van der Waals surface area contributed by atoms with E-state index in [9.17, 15) is 0 Å². The molecule has 114 valence electrons. The predicted molar refractivity (Wildman–Crippen MR) is 83.0 cm³/mol. The molecule has 0 saturated heterocycles. The van der Waals surface area contributed by atoms with Gasteiger partial charge in [-0.1, -0.05) is 30.3 Å². The fourth-order valence-corrected chi connectivity index (χ4v) is 1.98. The molecule has 4 nitrogen and oxygen atoms in total. The highest BCUT2D eigenvalue weighted by Gasteiger charge is 2.18. The van der Waals surface area contributed by atoms with Crippen LogP contribution in [0.15, 0.2) is 34.7 Å². The smallest absolute Gasteiger partial charge is 0.208 e. The van der Waals surface area contributed by atoms with Crippen LogP contribution in [0.25, 0.3) is 0 Å². The lowest BCUT2D eigenvalue weighted by molar-refractivity contribution is 0.0694. The van der Waals surface area contributed by atoms with Gasteiger partial charge < -0.3 is 14.5 Å². The summed E-state index contributed by atoms with van der Waals surface area (Å²) >= 11 is 0. The summed E-state index contributed by atoms with van der Waals surface area (Å²) in [7, 11) is 0. The van der Waals surface area contributed by atoms with Crippen molar-refractivity contribution in [3.63, 3.8) is 0 Å². The zero-order valence-electron chi connectivity index (χ0n) is 13.3. The Morgan fingerprint density at radius 2 is 1.90 bits per heavy atom. The van der Waals surface area contributed by atoms with Gasteiger partial charge in [-0.2, -0.15) is 0 Å². The second-order valence-electron chi connectivity index (χ2n) is 5.97. The van der Waals surface area contributed by atoms with E-state index in [-0.39, 0.29) is 5.54 Å². The van der Waals surface area contributed by atoms with Crippen LogP contribution in [0.3, 0.4) is 0 Å². The number of rotatable bonds is 7. The van der Waals surface area contributed by atoms with Gasteiger partial charge in [-0.15, -0.1) is 0 Å². The van der Waals surface area contributed by atoms with Gasteiger partial charge in [0.1, 0.15) is 5.76 Å². The number of nitrogens with one attached hydrogen (secondary N) is 1. The van der Waals surface area contributed by atoms with Crippen molar-refractivity contribution in [3.05, 3.63) is 53.2 Å². The van der Waals surface area contributed by atoms with Crippen LogP contribution in [0.5, 0.6) is 0 Å². The zero-order valence-corrected chi connectivity index (χ0v) is 13.3. The minimum Gasteiger partial charge on any atom is -0.444 e. The highest BCUT2D eigenvalue weighted by Crippen LogP contribution is 2.11. The average molecular weight is 288 g/mol. The summed E-state index contributed by atoms with van der Waals surface area (Å²) in [5, 5.41) is 3.42. The third kappa shape index (κ3) is 4.99. The van der Waals surface area contributed by atoms with Crippen molar-refractivity contribution in [2.75, 3.05) is 6.61 Å². The SMILES string of the molecule is Cc1nc(CNC(C)(C)COCc2ccccc2)oc1C. The van der Waals surface area contributed by atoms with Crippen molar-refractivity contribution in [1.29, 1.82) is 0 Å². The van der Waals surface area contributed by atoms with Crippen LogP contribution in [-0.2, 0) is 17.9 Å². The van der Waals surface area contributed by atoms with E-state index in [2.05, 4.69) is 36.3 Å². The van der Waals surface area contributed by atoms with Crippen LogP contribution in [0, 0.1) is 13.8 Å². The Kier molecular flexibility index (Phi) is 5.15. The maximum atomic E-state index is 5.79. The molecule has 1 aromatic carbocycles. The van der Waals surface area contributed by atoms with Gasteiger partial charge in [0.05, 0.1) is 25.5 Å². The van der Waals surface area contributed by atoms with Crippen molar-refractivity contribution >= 4 is 0 Å². The quantitative estimate of drug-likeness (QED) is 0.848. The molecule has 1 heterocycles. The average Bonchev–Trinajstić information content (AvgIpc) is 2.77. The maximum Gasteiger partial charge on any atom is 0.208 e. The fourth-order valence-electron chi connectivity index (χ4n) is 1.98. The normalized spacial score (nSPS) is 11.8. The number of ether oxygens (including phenoxy) is 1. The Morgan fingerprint density at radius 1 is 1.19 bits per heavy atom. The highest BCUT2D eigenvalue weighted by atomic mass is 16.5. The summed E-state index contributed by atoms with van der Waals surface area (Å²) in [6.07, 6.45) is 0. The molecule has 0 amide bonds. The molecule has 0 unspecified atom stereocenters. The number of benzene rings is 1. The standard InChI is InChI=1S/C17H24N2O2/c1-13-14(2)21-16(19-13)10-18-17(3,4)12-20-11-15-8-6-5-7-9-15/h5-9,18H,10-12H2,1-4H3. The topological polar surface area (TPSA) is 47.3 Å². The first kappa shape index (κ1) is 15.7. The van der Waals surface area contributed by atoms with Crippen molar-refractivity contribution < 1.29 is 9.15 Å². The summed E-state index contributed by atoms with van der Waals surface area (Å²) in [6, 6.07) is 10.2. The van der Waals surface area contributed by atoms with Crippen LogP contribution >= 0.6 is 0 Å². The van der Waals surface area contributed by atoms with Gasteiger partial charge in [0, 0.05) is 5.54 Å². The van der Waals surface area contributed by atoms with Crippen molar-refractivity contribution in [3.8, 4) is 0 Å². The van der Waals surface area contributed by atoms with Gasteiger partial charge in [0.15, 0.2) is 0 Å². The molecule has 0 saturated carbocycles. The van der Waals surface area contributed by atoms with Gasteiger partial charge in [0.25, 0.3) is 0 Å². The number of oxazole rings is 1. The lowest BCUT2D eigenvalue weighted by atomic mass is 10.1. The van der Waals surface area contributed by atoms with E-state index >= 15 is 0 Å². The number of nitrogens with zero attached hydrogens (tertiary/aromatic N) is 1. The second-order valence-corrected chi connectivity index (χ2v) is 5.97. The molecule has 1 N–H and O–H groups in total. The van der Waals surface area contributed by atoms with Crippen molar-refractivity contribution in [1.82, 2.24) is 10.3 Å². The predicted octanol–water partition coefficient (Wildman–Crippen LogP) is 3.38. The monoisotopic (exact) mass is 288 g/mol. The van der Waals surface area contributed by atoms with Crippen LogP contribution in [-0.4, -0.2) is 17.1 Å². The molecule has 0 aliphatic carbocycles. The van der Waals surface area contributed by atoms with E-state index in [1.807, 2.05) is 32.0 Å². The summed E-state index contributed by atoms with van der Waals surface area (Å²) in [4.78, 5) is 4.37. The van der Waals surface area contributed by atoms with Crippen LogP contribution < -0.4 is 5.32 Å². The Bertz CT molecular complexity index is 542. The van der Waals surface area contributed by atoms with Gasteiger partial charge in [-0.3, -0.25) is 0 Å². The third-order valence-corrected chi connectivity index (χ3v) is 3.37. The Morgan fingerprint density at radius 3 is 2.52 bits per heavy atom. The number of hydrogen-bond acceptors (Lipinski definition) is 4.